The number of nitrogens with zero attached hydrogens (tertiary/aromatic N) is 2. The lowest BCUT2D eigenvalue weighted by molar-refractivity contribution is 0.0784. The summed E-state index contributed by atoms with van der Waals surface area (Å²) < 4.78 is 0. The molecule has 0 fully saturated rings. The average Bonchev–Trinajstić information content (AvgIpc) is 2.42. The summed E-state index contributed by atoms with van der Waals surface area (Å²) in [5.41, 5.74) is 2.20. The van der Waals surface area contributed by atoms with Gasteiger partial charge in [-0.3, -0.25) is 9.78 Å². The summed E-state index contributed by atoms with van der Waals surface area (Å²) in [6.07, 6.45) is 3.43. The van der Waals surface area contributed by atoms with Crippen LogP contribution >= 0.6 is 0 Å². The molecule has 1 aromatic carbocycles. The number of amides is 1. The Balaban J connectivity index is 2.12. The fourth-order valence-electron chi connectivity index (χ4n) is 1.80. The van der Waals surface area contributed by atoms with Gasteiger partial charge in [0.15, 0.2) is 0 Å². The third-order valence-electron chi connectivity index (χ3n) is 2.95. The summed E-state index contributed by atoms with van der Waals surface area (Å²) in [7, 11) is 1.73. The normalized spacial score (nSPS) is 10.2. The van der Waals surface area contributed by atoms with Gasteiger partial charge in [0.25, 0.3) is 5.91 Å². The smallest absolute Gasteiger partial charge is 0.254 e. The first-order valence-corrected chi connectivity index (χ1v) is 6.02. The number of benzene rings is 1. The van der Waals surface area contributed by atoms with Gasteiger partial charge in [-0.2, -0.15) is 0 Å². The van der Waals surface area contributed by atoms with Crippen molar-refractivity contribution in [2.45, 2.75) is 13.5 Å². The summed E-state index contributed by atoms with van der Waals surface area (Å²) in [5.74, 6) is 0.0137. The first kappa shape index (κ1) is 13.1. The minimum Gasteiger partial charge on any atom is -0.508 e. The Labute approximate surface area is 112 Å². The summed E-state index contributed by atoms with van der Waals surface area (Å²) in [6.45, 7) is 2.28. The number of phenolic OH excluding ortho intramolecular Hbond substituents is 1. The molecule has 4 nitrogen and oxygen atoms in total. The summed E-state index contributed by atoms with van der Waals surface area (Å²) >= 11 is 0. The molecular formula is C15H16N2O2. The number of hydrogen-bond donors (Lipinski definition) is 1. The number of carbonyl (C=O) groups is 1. The minimum absolute atomic E-state index is 0.126. The molecule has 98 valence electrons. The second-order valence-electron chi connectivity index (χ2n) is 4.52. The molecule has 0 aliphatic rings. The van der Waals surface area contributed by atoms with E-state index in [2.05, 4.69) is 4.98 Å². The maximum absolute atomic E-state index is 12.2. The van der Waals surface area contributed by atoms with Gasteiger partial charge in [0.1, 0.15) is 5.75 Å². The molecule has 1 heterocycles. The molecule has 1 amide bonds. The van der Waals surface area contributed by atoms with Crippen LogP contribution in [0.5, 0.6) is 5.75 Å². The molecule has 0 saturated carbocycles. The molecule has 4 heteroatoms. The van der Waals surface area contributed by atoms with Crippen LogP contribution < -0.4 is 0 Å². The molecule has 0 atom stereocenters. The van der Waals surface area contributed by atoms with Crippen LogP contribution in [0, 0.1) is 6.92 Å². The second-order valence-corrected chi connectivity index (χ2v) is 4.52. The van der Waals surface area contributed by atoms with Crippen molar-refractivity contribution in [3.05, 3.63) is 59.4 Å². The van der Waals surface area contributed by atoms with Gasteiger partial charge in [-0.15, -0.1) is 0 Å². The molecule has 0 aliphatic carbocycles. The van der Waals surface area contributed by atoms with Gasteiger partial charge in [0.2, 0.25) is 0 Å². The van der Waals surface area contributed by atoms with Crippen LogP contribution in [0.3, 0.4) is 0 Å². The van der Waals surface area contributed by atoms with Crippen molar-refractivity contribution in [1.29, 1.82) is 0 Å². The standard InChI is InChI=1S/C15H16N2O2/c1-11-5-6-13(8-14(11)18)15(19)17(2)10-12-4-3-7-16-9-12/h3-9,18H,10H2,1-2H3. The molecule has 0 aliphatic heterocycles. The van der Waals surface area contributed by atoms with Gasteiger partial charge in [0.05, 0.1) is 0 Å². The molecule has 0 unspecified atom stereocenters. The van der Waals surface area contributed by atoms with Crippen molar-refractivity contribution in [3.63, 3.8) is 0 Å². The Bertz CT molecular complexity index is 582. The van der Waals surface area contributed by atoms with Gasteiger partial charge in [-0.05, 0) is 36.2 Å². The maximum atomic E-state index is 12.2. The van der Waals surface area contributed by atoms with Crippen molar-refractivity contribution in [1.82, 2.24) is 9.88 Å². The molecule has 2 aromatic rings. The van der Waals surface area contributed by atoms with E-state index in [0.717, 1.165) is 11.1 Å². The highest BCUT2D eigenvalue weighted by Gasteiger charge is 2.13. The summed E-state index contributed by atoms with van der Waals surface area (Å²) in [6, 6.07) is 8.71. The molecule has 1 N–H and O–H groups in total. The highest BCUT2D eigenvalue weighted by Crippen LogP contribution is 2.18. The number of aryl methyl sites for hydroxylation is 1. The molecule has 0 radical (unpaired) electrons. The van der Waals surface area contributed by atoms with E-state index in [9.17, 15) is 9.90 Å². The quantitative estimate of drug-likeness (QED) is 0.917. The second kappa shape index (κ2) is 5.52. The fraction of sp³-hybridized carbons (Fsp3) is 0.200. The van der Waals surface area contributed by atoms with Crippen molar-refractivity contribution >= 4 is 5.91 Å². The zero-order chi connectivity index (χ0) is 13.8. The van der Waals surface area contributed by atoms with Crippen LogP contribution in [-0.2, 0) is 6.54 Å². The molecule has 0 bridgehead atoms. The molecule has 0 saturated heterocycles. The molecule has 0 spiro atoms. The van der Waals surface area contributed by atoms with Crippen LogP contribution in [0.4, 0.5) is 0 Å². The van der Waals surface area contributed by atoms with Crippen LogP contribution in [0.25, 0.3) is 0 Å². The van der Waals surface area contributed by atoms with Crippen molar-refractivity contribution < 1.29 is 9.90 Å². The lowest BCUT2D eigenvalue weighted by atomic mass is 10.1. The van der Waals surface area contributed by atoms with Crippen LogP contribution in [0.1, 0.15) is 21.5 Å². The zero-order valence-corrected chi connectivity index (χ0v) is 11.0. The number of aromatic nitrogens is 1. The Morgan fingerprint density at radius 3 is 2.79 bits per heavy atom. The SMILES string of the molecule is Cc1ccc(C(=O)N(C)Cc2cccnc2)cc1O. The van der Waals surface area contributed by atoms with Gasteiger partial charge < -0.3 is 10.0 Å². The van der Waals surface area contributed by atoms with Gasteiger partial charge in [0, 0.05) is 31.5 Å². The number of aromatic hydroxyl groups is 1. The number of carbonyl (C=O) groups excluding carboxylic acids is 1. The first-order valence-electron chi connectivity index (χ1n) is 6.02. The van der Waals surface area contributed by atoms with Gasteiger partial charge in [-0.1, -0.05) is 12.1 Å². The highest BCUT2D eigenvalue weighted by atomic mass is 16.3. The predicted octanol–water partition coefficient (Wildman–Crippen LogP) is 2.37. The van der Waals surface area contributed by atoms with Crippen molar-refractivity contribution in [3.8, 4) is 5.75 Å². The third kappa shape index (κ3) is 3.10. The predicted molar refractivity (Wildman–Crippen MR) is 72.9 cm³/mol. The van der Waals surface area contributed by atoms with Crippen LogP contribution in [0.2, 0.25) is 0 Å². The van der Waals surface area contributed by atoms with E-state index in [1.807, 2.05) is 12.1 Å². The summed E-state index contributed by atoms with van der Waals surface area (Å²) in [4.78, 5) is 17.8. The van der Waals surface area contributed by atoms with E-state index in [0.29, 0.717) is 12.1 Å². The monoisotopic (exact) mass is 256 g/mol. The summed E-state index contributed by atoms with van der Waals surface area (Å²) in [5, 5.41) is 9.64. The number of rotatable bonds is 3. The van der Waals surface area contributed by atoms with E-state index in [-0.39, 0.29) is 11.7 Å². The van der Waals surface area contributed by atoms with E-state index in [1.54, 1.807) is 43.4 Å². The zero-order valence-electron chi connectivity index (χ0n) is 11.0. The highest BCUT2D eigenvalue weighted by molar-refractivity contribution is 5.94. The third-order valence-corrected chi connectivity index (χ3v) is 2.95. The number of pyridine rings is 1. The molecule has 1 aromatic heterocycles. The van der Waals surface area contributed by atoms with Crippen molar-refractivity contribution in [2.24, 2.45) is 0 Å². The number of hydrogen-bond acceptors (Lipinski definition) is 3. The van der Waals surface area contributed by atoms with Gasteiger partial charge >= 0.3 is 0 Å². The molecular weight excluding hydrogens is 240 g/mol. The van der Waals surface area contributed by atoms with Crippen LogP contribution in [-0.4, -0.2) is 27.9 Å². The average molecular weight is 256 g/mol. The van der Waals surface area contributed by atoms with E-state index >= 15 is 0 Å². The Morgan fingerprint density at radius 1 is 1.37 bits per heavy atom. The number of phenols is 1. The van der Waals surface area contributed by atoms with Gasteiger partial charge in [-0.25, -0.2) is 0 Å². The molecule has 2 rings (SSSR count). The minimum atomic E-state index is -0.126. The fourth-order valence-corrected chi connectivity index (χ4v) is 1.80. The topological polar surface area (TPSA) is 53.4 Å². The van der Waals surface area contributed by atoms with Crippen molar-refractivity contribution in [2.75, 3.05) is 7.05 Å². The lowest BCUT2D eigenvalue weighted by Crippen LogP contribution is -2.26. The Hall–Kier alpha value is -2.36. The molecule has 19 heavy (non-hydrogen) atoms. The van der Waals surface area contributed by atoms with E-state index in [4.69, 9.17) is 0 Å². The Morgan fingerprint density at radius 2 is 2.16 bits per heavy atom. The lowest BCUT2D eigenvalue weighted by Gasteiger charge is -2.17. The largest absolute Gasteiger partial charge is 0.508 e. The Kier molecular flexibility index (Phi) is 3.80. The van der Waals surface area contributed by atoms with Crippen LogP contribution in [0.15, 0.2) is 42.7 Å². The van der Waals surface area contributed by atoms with E-state index < -0.39 is 0 Å². The van der Waals surface area contributed by atoms with E-state index in [1.165, 1.54) is 6.07 Å². The first-order chi connectivity index (χ1) is 9.08. The maximum Gasteiger partial charge on any atom is 0.254 e.